The van der Waals surface area contributed by atoms with Crippen molar-refractivity contribution in [2.45, 2.75) is 53.9 Å². The lowest BCUT2D eigenvalue weighted by Gasteiger charge is -2.19. The van der Waals surface area contributed by atoms with Crippen molar-refractivity contribution in [3.63, 3.8) is 0 Å². The van der Waals surface area contributed by atoms with Gasteiger partial charge < -0.3 is 9.05 Å². The highest BCUT2D eigenvalue weighted by Gasteiger charge is 2.23. The highest BCUT2D eigenvalue weighted by molar-refractivity contribution is 7.53. The zero-order valence-corrected chi connectivity index (χ0v) is 13.0. The van der Waals surface area contributed by atoms with Crippen LogP contribution in [0, 0.1) is 11.8 Å². The van der Waals surface area contributed by atoms with Crippen LogP contribution in [0.1, 0.15) is 53.9 Å². The minimum Gasteiger partial charge on any atom is -0.309 e. The lowest BCUT2D eigenvalue weighted by molar-refractivity contribution is 0.189. The molecule has 0 aliphatic rings. The van der Waals surface area contributed by atoms with Crippen LogP contribution in [0.25, 0.3) is 0 Å². The standard InChI is InChI=1S/C13H29O3P/c1-6-11-17(14,15-9-7-12(2)3)16-10-8-13(4)5/h12-13H,6-11H2,1-5H3. The van der Waals surface area contributed by atoms with Crippen LogP contribution in [0.15, 0.2) is 0 Å². The lowest BCUT2D eigenvalue weighted by Crippen LogP contribution is -2.05. The molecule has 0 saturated carbocycles. The van der Waals surface area contributed by atoms with E-state index in [1.54, 1.807) is 0 Å². The number of hydrogen-bond donors (Lipinski definition) is 0. The van der Waals surface area contributed by atoms with Crippen LogP contribution in [0.5, 0.6) is 0 Å². The van der Waals surface area contributed by atoms with E-state index in [9.17, 15) is 4.57 Å². The van der Waals surface area contributed by atoms with Gasteiger partial charge in [-0.2, -0.15) is 0 Å². The Balaban J connectivity index is 4.02. The van der Waals surface area contributed by atoms with Gasteiger partial charge in [0, 0.05) is 6.16 Å². The molecule has 0 aromatic rings. The van der Waals surface area contributed by atoms with Crippen LogP contribution in [0.2, 0.25) is 0 Å². The Labute approximate surface area is 107 Å². The average molecular weight is 264 g/mol. The van der Waals surface area contributed by atoms with Crippen molar-refractivity contribution in [1.29, 1.82) is 0 Å². The Bertz CT molecular complexity index is 209. The molecule has 0 heterocycles. The van der Waals surface area contributed by atoms with Crippen LogP contribution < -0.4 is 0 Å². The Morgan fingerprint density at radius 1 is 0.941 bits per heavy atom. The normalized spacial score (nSPS) is 12.6. The van der Waals surface area contributed by atoms with Gasteiger partial charge in [0.2, 0.25) is 0 Å². The second-order valence-corrected chi connectivity index (χ2v) is 7.55. The molecule has 0 unspecified atom stereocenters. The third-order valence-corrected chi connectivity index (χ3v) is 4.61. The first-order valence-corrected chi connectivity index (χ1v) is 8.50. The summed E-state index contributed by atoms with van der Waals surface area (Å²) < 4.78 is 23.3. The fourth-order valence-electron chi connectivity index (χ4n) is 1.30. The molecule has 0 aromatic carbocycles. The summed E-state index contributed by atoms with van der Waals surface area (Å²) in [5, 5.41) is 0. The van der Waals surface area contributed by atoms with Crippen molar-refractivity contribution < 1.29 is 13.6 Å². The smallest absolute Gasteiger partial charge is 0.309 e. The quantitative estimate of drug-likeness (QED) is 0.536. The van der Waals surface area contributed by atoms with Gasteiger partial charge in [-0.15, -0.1) is 0 Å². The summed E-state index contributed by atoms with van der Waals surface area (Å²) in [6, 6.07) is 0. The molecule has 4 heteroatoms. The Kier molecular flexibility index (Phi) is 9.21. The van der Waals surface area contributed by atoms with Gasteiger partial charge in [0.15, 0.2) is 0 Å². The molecule has 0 bridgehead atoms. The Hall–Kier alpha value is 0.150. The number of hydrogen-bond acceptors (Lipinski definition) is 3. The topological polar surface area (TPSA) is 35.5 Å². The predicted molar refractivity (Wildman–Crippen MR) is 73.6 cm³/mol. The van der Waals surface area contributed by atoms with E-state index >= 15 is 0 Å². The highest BCUT2D eigenvalue weighted by Crippen LogP contribution is 2.49. The van der Waals surface area contributed by atoms with Crippen molar-refractivity contribution in [2.75, 3.05) is 19.4 Å². The van der Waals surface area contributed by atoms with Crippen molar-refractivity contribution in [1.82, 2.24) is 0 Å². The molecule has 0 atom stereocenters. The molecule has 17 heavy (non-hydrogen) atoms. The second kappa shape index (κ2) is 9.13. The van der Waals surface area contributed by atoms with E-state index < -0.39 is 7.60 Å². The van der Waals surface area contributed by atoms with Crippen molar-refractivity contribution >= 4 is 7.60 Å². The first-order valence-electron chi connectivity index (χ1n) is 6.77. The summed E-state index contributed by atoms with van der Waals surface area (Å²) in [6.07, 6.45) is 3.23. The monoisotopic (exact) mass is 264 g/mol. The maximum atomic E-state index is 12.3. The molecule has 0 fully saturated rings. The highest BCUT2D eigenvalue weighted by atomic mass is 31.2. The molecule has 0 rings (SSSR count). The maximum Gasteiger partial charge on any atom is 0.330 e. The van der Waals surface area contributed by atoms with Gasteiger partial charge in [0.1, 0.15) is 0 Å². The van der Waals surface area contributed by atoms with Crippen LogP contribution in [0.4, 0.5) is 0 Å². The fourth-order valence-corrected chi connectivity index (χ4v) is 2.94. The largest absolute Gasteiger partial charge is 0.330 e. The van der Waals surface area contributed by atoms with E-state index in [-0.39, 0.29) is 0 Å². The van der Waals surface area contributed by atoms with Crippen LogP contribution in [-0.2, 0) is 13.6 Å². The zero-order chi connectivity index (χ0) is 13.3. The molecule has 0 aliphatic carbocycles. The van der Waals surface area contributed by atoms with Crippen molar-refractivity contribution in [3.05, 3.63) is 0 Å². The van der Waals surface area contributed by atoms with Gasteiger partial charge >= 0.3 is 7.60 Å². The van der Waals surface area contributed by atoms with E-state index in [0.717, 1.165) is 19.3 Å². The third-order valence-electron chi connectivity index (χ3n) is 2.46. The molecule has 0 aromatic heterocycles. The summed E-state index contributed by atoms with van der Waals surface area (Å²) in [7, 11) is -2.83. The van der Waals surface area contributed by atoms with E-state index in [2.05, 4.69) is 27.7 Å². The fraction of sp³-hybridized carbons (Fsp3) is 1.00. The number of rotatable bonds is 10. The van der Waals surface area contributed by atoms with E-state index in [0.29, 0.717) is 31.2 Å². The summed E-state index contributed by atoms with van der Waals surface area (Å²) in [5.41, 5.74) is 0. The van der Waals surface area contributed by atoms with Crippen molar-refractivity contribution in [2.24, 2.45) is 11.8 Å². The minimum absolute atomic E-state index is 0.531. The van der Waals surface area contributed by atoms with E-state index in [1.165, 1.54) is 0 Å². The van der Waals surface area contributed by atoms with Gasteiger partial charge in [-0.3, -0.25) is 4.57 Å². The zero-order valence-electron chi connectivity index (χ0n) is 12.1. The van der Waals surface area contributed by atoms with Crippen molar-refractivity contribution in [3.8, 4) is 0 Å². The lowest BCUT2D eigenvalue weighted by atomic mass is 10.2. The molecule has 0 saturated heterocycles. The Morgan fingerprint density at radius 2 is 1.35 bits per heavy atom. The molecule has 3 nitrogen and oxygen atoms in total. The minimum atomic E-state index is -2.83. The van der Waals surface area contributed by atoms with Gasteiger partial charge in [0.25, 0.3) is 0 Å². The van der Waals surface area contributed by atoms with Crippen LogP contribution in [0.3, 0.4) is 0 Å². The average Bonchev–Trinajstić information content (AvgIpc) is 2.16. The third kappa shape index (κ3) is 9.82. The molecule has 0 amide bonds. The van der Waals surface area contributed by atoms with E-state index in [1.807, 2.05) is 6.92 Å². The first-order chi connectivity index (χ1) is 7.89. The molecule has 104 valence electrons. The molecule has 0 N–H and O–H groups in total. The summed E-state index contributed by atoms with van der Waals surface area (Å²) in [4.78, 5) is 0. The SMILES string of the molecule is CCCP(=O)(OCCC(C)C)OCCC(C)C. The van der Waals surface area contributed by atoms with Crippen LogP contribution in [-0.4, -0.2) is 19.4 Å². The van der Waals surface area contributed by atoms with Gasteiger partial charge in [0.05, 0.1) is 13.2 Å². The van der Waals surface area contributed by atoms with Gasteiger partial charge in [-0.05, 0) is 31.1 Å². The molecular formula is C13H29O3P. The summed E-state index contributed by atoms with van der Waals surface area (Å²) in [6.45, 7) is 11.6. The predicted octanol–water partition coefficient (Wildman–Crippen LogP) is 4.71. The van der Waals surface area contributed by atoms with E-state index in [4.69, 9.17) is 9.05 Å². The molecule has 0 aliphatic heterocycles. The Morgan fingerprint density at radius 3 is 1.65 bits per heavy atom. The second-order valence-electron chi connectivity index (χ2n) is 5.37. The molecular weight excluding hydrogens is 235 g/mol. The summed E-state index contributed by atoms with van der Waals surface area (Å²) in [5.74, 6) is 1.14. The summed E-state index contributed by atoms with van der Waals surface area (Å²) >= 11 is 0. The van der Waals surface area contributed by atoms with Gasteiger partial charge in [-0.25, -0.2) is 0 Å². The first kappa shape index (κ1) is 17.2. The molecule has 0 radical (unpaired) electrons. The van der Waals surface area contributed by atoms with Gasteiger partial charge in [-0.1, -0.05) is 34.6 Å². The molecule has 0 spiro atoms. The van der Waals surface area contributed by atoms with Crippen LogP contribution >= 0.6 is 7.60 Å². The maximum absolute atomic E-state index is 12.3.